The molecule has 7 nitrogen and oxygen atoms in total. The average Bonchev–Trinajstić information content (AvgIpc) is 2.75. The first-order valence-electron chi connectivity index (χ1n) is 11.1. The fourth-order valence-corrected chi connectivity index (χ4v) is 4.20. The molecule has 2 aromatic rings. The monoisotopic (exact) mass is 474 g/mol. The summed E-state index contributed by atoms with van der Waals surface area (Å²) < 4.78 is 28.7. The molecule has 0 bridgehead atoms. The second kappa shape index (κ2) is 13.1. The molecule has 0 aliphatic rings. The minimum absolute atomic E-state index is 0.165. The number of hydrogen-bond acceptors (Lipinski definition) is 6. The second-order valence-electron chi connectivity index (χ2n) is 8.72. The van der Waals surface area contributed by atoms with E-state index in [1.165, 1.54) is 0 Å². The Morgan fingerprint density at radius 3 is 2.06 bits per heavy atom. The van der Waals surface area contributed by atoms with Gasteiger partial charge in [0.25, 0.3) is 0 Å². The Labute approximate surface area is 196 Å². The van der Waals surface area contributed by atoms with Crippen LogP contribution in [0.3, 0.4) is 0 Å². The third-order valence-corrected chi connectivity index (χ3v) is 5.79. The first-order valence-corrected chi connectivity index (χ1v) is 13.1. The van der Waals surface area contributed by atoms with Crippen LogP contribution in [0.15, 0.2) is 60.7 Å². The summed E-state index contributed by atoms with van der Waals surface area (Å²) in [6, 6.07) is 17.9. The van der Waals surface area contributed by atoms with Gasteiger partial charge in [-0.25, -0.2) is 13.2 Å². The number of nitrogens with one attached hydrogen (secondary N) is 2. The predicted octanol–water partition coefficient (Wildman–Crippen LogP) is 3.14. The molecule has 0 heterocycles. The van der Waals surface area contributed by atoms with Gasteiger partial charge in [-0.2, -0.15) is 0 Å². The summed E-state index contributed by atoms with van der Waals surface area (Å²) in [5.41, 5.74) is 1.81. The SMILES string of the molecule is CC(C)CC(CNC(Cc1ccccc1)C(=O)CS(C)(=O)=O)NC(=O)OCc1ccccc1. The van der Waals surface area contributed by atoms with Gasteiger partial charge in [-0.15, -0.1) is 0 Å². The molecule has 2 N–H and O–H groups in total. The van der Waals surface area contributed by atoms with E-state index in [-0.39, 0.29) is 12.6 Å². The number of carbonyl (C=O) groups is 2. The van der Waals surface area contributed by atoms with Crippen LogP contribution >= 0.6 is 0 Å². The topological polar surface area (TPSA) is 102 Å². The van der Waals surface area contributed by atoms with Gasteiger partial charge in [0.05, 0.1) is 6.04 Å². The van der Waals surface area contributed by atoms with Crippen LogP contribution in [-0.4, -0.2) is 50.9 Å². The highest BCUT2D eigenvalue weighted by molar-refractivity contribution is 7.91. The van der Waals surface area contributed by atoms with Crippen LogP contribution in [0.1, 0.15) is 31.4 Å². The highest BCUT2D eigenvalue weighted by atomic mass is 32.2. The van der Waals surface area contributed by atoms with E-state index in [1.54, 1.807) is 0 Å². The summed E-state index contributed by atoms with van der Waals surface area (Å²) in [4.78, 5) is 25.1. The smallest absolute Gasteiger partial charge is 0.407 e. The van der Waals surface area contributed by atoms with E-state index in [9.17, 15) is 18.0 Å². The molecule has 0 aromatic heterocycles. The van der Waals surface area contributed by atoms with Crippen molar-refractivity contribution in [1.82, 2.24) is 10.6 Å². The lowest BCUT2D eigenvalue weighted by atomic mass is 10.0. The van der Waals surface area contributed by atoms with Gasteiger partial charge < -0.3 is 15.4 Å². The van der Waals surface area contributed by atoms with Crippen LogP contribution in [-0.2, 0) is 32.4 Å². The quantitative estimate of drug-likeness (QED) is 0.463. The van der Waals surface area contributed by atoms with Crippen molar-refractivity contribution in [3.8, 4) is 0 Å². The molecule has 0 fully saturated rings. The summed E-state index contributed by atoms with van der Waals surface area (Å²) >= 11 is 0. The van der Waals surface area contributed by atoms with E-state index >= 15 is 0 Å². The average molecular weight is 475 g/mol. The predicted molar refractivity (Wildman–Crippen MR) is 130 cm³/mol. The zero-order valence-electron chi connectivity index (χ0n) is 19.5. The lowest BCUT2D eigenvalue weighted by Crippen LogP contribution is -2.49. The highest BCUT2D eigenvalue weighted by Crippen LogP contribution is 2.09. The number of Topliss-reactive ketones (excluding diaryl/α,β-unsaturated/α-hetero) is 1. The molecule has 2 atom stereocenters. The maximum Gasteiger partial charge on any atom is 0.407 e. The largest absolute Gasteiger partial charge is 0.445 e. The number of rotatable bonds is 13. The molecule has 0 spiro atoms. The maximum atomic E-state index is 12.7. The zero-order valence-corrected chi connectivity index (χ0v) is 20.3. The first-order chi connectivity index (χ1) is 15.6. The summed E-state index contributed by atoms with van der Waals surface area (Å²) in [7, 11) is -3.45. The molecule has 8 heteroatoms. The van der Waals surface area contributed by atoms with E-state index in [1.807, 2.05) is 74.5 Å². The molecule has 180 valence electrons. The fourth-order valence-electron chi connectivity index (χ4n) is 3.49. The summed E-state index contributed by atoms with van der Waals surface area (Å²) in [5, 5.41) is 6.06. The maximum absolute atomic E-state index is 12.7. The molecule has 0 radical (unpaired) electrons. The van der Waals surface area contributed by atoms with Gasteiger partial charge in [0.2, 0.25) is 0 Å². The van der Waals surface area contributed by atoms with Gasteiger partial charge in [0.15, 0.2) is 15.6 Å². The minimum atomic E-state index is -3.45. The van der Waals surface area contributed by atoms with Gasteiger partial charge in [0.1, 0.15) is 12.4 Å². The van der Waals surface area contributed by atoms with Crippen LogP contribution in [0.2, 0.25) is 0 Å². The Balaban J connectivity index is 2.01. The Morgan fingerprint density at radius 2 is 1.52 bits per heavy atom. The van der Waals surface area contributed by atoms with Crippen molar-refractivity contribution in [2.24, 2.45) is 5.92 Å². The molecular formula is C25H34N2O5S. The number of ketones is 1. The zero-order chi connectivity index (χ0) is 24.3. The number of sulfone groups is 1. The molecule has 33 heavy (non-hydrogen) atoms. The van der Waals surface area contributed by atoms with Crippen molar-refractivity contribution in [2.75, 3.05) is 18.6 Å². The molecule has 2 aromatic carbocycles. The third-order valence-electron chi connectivity index (χ3n) is 4.98. The Kier molecular flexibility index (Phi) is 10.5. The van der Waals surface area contributed by atoms with Crippen LogP contribution in [0.4, 0.5) is 4.79 Å². The number of alkyl carbamates (subject to hydrolysis) is 1. The molecule has 0 saturated carbocycles. The van der Waals surface area contributed by atoms with E-state index in [2.05, 4.69) is 10.6 Å². The molecule has 2 unspecified atom stereocenters. The Hall–Kier alpha value is -2.71. The van der Waals surface area contributed by atoms with Crippen LogP contribution < -0.4 is 10.6 Å². The number of amides is 1. The number of hydrogen-bond donors (Lipinski definition) is 2. The number of ether oxygens (including phenoxy) is 1. The molecule has 2 rings (SSSR count). The van der Waals surface area contributed by atoms with E-state index in [4.69, 9.17) is 4.74 Å². The Bertz CT molecular complexity index is 978. The normalized spacial score (nSPS) is 13.3. The summed E-state index contributed by atoms with van der Waals surface area (Å²) in [5.74, 6) is -0.624. The summed E-state index contributed by atoms with van der Waals surface area (Å²) in [6.07, 6.45) is 1.55. The third kappa shape index (κ3) is 11.1. The van der Waals surface area contributed by atoms with Gasteiger partial charge in [-0.1, -0.05) is 74.5 Å². The lowest BCUT2D eigenvalue weighted by Gasteiger charge is -2.24. The minimum Gasteiger partial charge on any atom is -0.445 e. The van der Waals surface area contributed by atoms with Crippen molar-refractivity contribution >= 4 is 21.7 Å². The van der Waals surface area contributed by atoms with Crippen molar-refractivity contribution in [2.45, 2.75) is 45.4 Å². The highest BCUT2D eigenvalue weighted by Gasteiger charge is 2.24. The molecule has 0 saturated heterocycles. The van der Waals surface area contributed by atoms with E-state index in [0.29, 0.717) is 25.3 Å². The van der Waals surface area contributed by atoms with Crippen molar-refractivity contribution < 1.29 is 22.7 Å². The van der Waals surface area contributed by atoms with Gasteiger partial charge in [0, 0.05) is 18.8 Å². The van der Waals surface area contributed by atoms with Gasteiger partial charge in [-0.3, -0.25) is 4.79 Å². The van der Waals surface area contributed by atoms with E-state index < -0.39 is 33.5 Å². The molecule has 1 amide bonds. The van der Waals surface area contributed by atoms with Crippen LogP contribution in [0.5, 0.6) is 0 Å². The van der Waals surface area contributed by atoms with Crippen molar-refractivity contribution in [3.05, 3.63) is 71.8 Å². The van der Waals surface area contributed by atoms with E-state index in [0.717, 1.165) is 17.4 Å². The number of carbonyl (C=O) groups excluding carboxylic acids is 2. The summed E-state index contributed by atoms with van der Waals surface area (Å²) in [6.45, 7) is 4.56. The second-order valence-corrected chi connectivity index (χ2v) is 10.9. The molecular weight excluding hydrogens is 440 g/mol. The Morgan fingerprint density at radius 1 is 0.939 bits per heavy atom. The lowest BCUT2D eigenvalue weighted by molar-refractivity contribution is -0.118. The molecule has 0 aliphatic heterocycles. The fraction of sp³-hybridized carbons (Fsp3) is 0.440. The first kappa shape index (κ1) is 26.5. The van der Waals surface area contributed by atoms with Crippen molar-refractivity contribution in [1.29, 1.82) is 0 Å². The van der Waals surface area contributed by atoms with Gasteiger partial charge >= 0.3 is 6.09 Å². The van der Waals surface area contributed by atoms with Crippen LogP contribution in [0, 0.1) is 5.92 Å². The van der Waals surface area contributed by atoms with Gasteiger partial charge in [-0.05, 0) is 29.9 Å². The molecule has 0 aliphatic carbocycles. The van der Waals surface area contributed by atoms with Crippen molar-refractivity contribution in [3.63, 3.8) is 0 Å². The standard InChI is InChI=1S/C25H34N2O5S/c1-19(2)14-22(27-25(29)32-17-21-12-8-5-9-13-21)16-26-23(24(28)18-33(3,30)31)15-20-10-6-4-7-11-20/h4-13,19,22-23,26H,14-18H2,1-3H3,(H,27,29). The number of benzene rings is 2. The van der Waals surface area contributed by atoms with Crippen LogP contribution in [0.25, 0.3) is 0 Å².